The zero-order chi connectivity index (χ0) is 14.4. The maximum atomic E-state index is 13.4. The van der Waals surface area contributed by atoms with Crippen LogP contribution in [0, 0.1) is 5.82 Å². The molecule has 104 valence electrons. The summed E-state index contributed by atoms with van der Waals surface area (Å²) in [6.45, 7) is 0. The molecule has 20 heavy (non-hydrogen) atoms. The second-order valence-corrected chi connectivity index (χ2v) is 5.05. The minimum Gasteiger partial charge on any atom is -0.399 e. The number of nitrogens with two attached hydrogens (primary N) is 1. The molecule has 2 rings (SSSR count). The van der Waals surface area contributed by atoms with Crippen LogP contribution >= 0.6 is 11.8 Å². The van der Waals surface area contributed by atoms with Crippen molar-refractivity contribution in [2.24, 2.45) is 0 Å². The molecule has 7 heteroatoms. The molecule has 3 N–H and O–H groups in total. The largest absolute Gasteiger partial charge is 0.399 e. The molecule has 0 atom stereocenters. The Morgan fingerprint density at radius 2 is 2.25 bits per heavy atom. The van der Waals surface area contributed by atoms with Gasteiger partial charge in [-0.15, -0.1) is 11.8 Å². The monoisotopic (exact) mass is 292 g/mol. The highest BCUT2D eigenvalue weighted by atomic mass is 32.2. The third-order valence-electron chi connectivity index (χ3n) is 2.40. The van der Waals surface area contributed by atoms with E-state index in [2.05, 4.69) is 15.3 Å². The van der Waals surface area contributed by atoms with Crippen molar-refractivity contribution in [3.8, 4) is 0 Å². The highest BCUT2D eigenvalue weighted by molar-refractivity contribution is 7.99. The Labute approximate surface area is 119 Å². The van der Waals surface area contributed by atoms with Gasteiger partial charge in [0, 0.05) is 24.1 Å². The van der Waals surface area contributed by atoms with Gasteiger partial charge in [-0.05, 0) is 24.3 Å². The number of anilines is 2. The number of nitrogens with zero attached hydrogens (tertiary/aromatic N) is 2. The first-order valence-electron chi connectivity index (χ1n) is 5.89. The lowest BCUT2D eigenvalue weighted by Gasteiger charge is -2.07. The first kappa shape index (κ1) is 14.3. The summed E-state index contributed by atoms with van der Waals surface area (Å²) < 4.78 is 13.4. The molecule has 1 amide bonds. The standard InChI is InChI=1S/C13H13FN4OS/c14-10-2-1-9(15)7-11(10)18-12(19)4-6-20-13-3-5-16-8-17-13/h1-3,5,7-8H,4,6,15H2,(H,18,19). The van der Waals surface area contributed by atoms with Crippen LogP contribution in [0.5, 0.6) is 0 Å². The van der Waals surface area contributed by atoms with E-state index in [1.807, 2.05) is 0 Å². The zero-order valence-electron chi connectivity index (χ0n) is 10.5. The number of carbonyl (C=O) groups excluding carboxylic acids is 1. The topological polar surface area (TPSA) is 80.9 Å². The van der Waals surface area contributed by atoms with E-state index < -0.39 is 5.82 Å². The Balaban J connectivity index is 1.82. The van der Waals surface area contributed by atoms with Crippen molar-refractivity contribution in [3.63, 3.8) is 0 Å². The first-order chi connectivity index (χ1) is 9.65. The summed E-state index contributed by atoms with van der Waals surface area (Å²) in [5.74, 6) is -0.223. The van der Waals surface area contributed by atoms with Gasteiger partial charge < -0.3 is 11.1 Å². The van der Waals surface area contributed by atoms with Crippen molar-refractivity contribution in [3.05, 3.63) is 42.6 Å². The average Bonchev–Trinajstić information content (AvgIpc) is 2.44. The van der Waals surface area contributed by atoms with E-state index in [4.69, 9.17) is 5.73 Å². The first-order valence-corrected chi connectivity index (χ1v) is 6.87. The van der Waals surface area contributed by atoms with Gasteiger partial charge in [0.2, 0.25) is 5.91 Å². The molecule has 0 saturated carbocycles. The van der Waals surface area contributed by atoms with Crippen LogP contribution in [0.4, 0.5) is 15.8 Å². The minimum absolute atomic E-state index is 0.0991. The third kappa shape index (κ3) is 4.20. The van der Waals surface area contributed by atoms with E-state index in [9.17, 15) is 9.18 Å². The van der Waals surface area contributed by atoms with Gasteiger partial charge in [-0.25, -0.2) is 14.4 Å². The predicted molar refractivity (Wildman–Crippen MR) is 76.8 cm³/mol. The van der Waals surface area contributed by atoms with Crippen LogP contribution in [-0.4, -0.2) is 21.6 Å². The van der Waals surface area contributed by atoms with E-state index in [0.29, 0.717) is 11.4 Å². The molecule has 0 aliphatic rings. The highest BCUT2D eigenvalue weighted by Crippen LogP contribution is 2.19. The van der Waals surface area contributed by atoms with Gasteiger partial charge in [0.1, 0.15) is 12.1 Å². The highest BCUT2D eigenvalue weighted by Gasteiger charge is 2.07. The summed E-state index contributed by atoms with van der Waals surface area (Å²) in [4.78, 5) is 19.5. The van der Waals surface area contributed by atoms with Gasteiger partial charge in [-0.2, -0.15) is 0 Å². The van der Waals surface area contributed by atoms with Crippen molar-refractivity contribution >= 4 is 29.0 Å². The summed E-state index contributed by atoms with van der Waals surface area (Å²) in [7, 11) is 0. The molecule has 5 nitrogen and oxygen atoms in total. The molecule has 1 heterocycles. The molecule has 0 unspecified atom stereocenters. The van der Waals surface area contributed by atoms with Crippen molar-refractivity contribution < 1.29 is 9.18 Å². The van der Waals surface area contributed by atoms with Crippen molar-refractivity contribution in [1.29, 1.82) is 0 Å². The SMILES string of the molecule is Nc1ccc(F)c(NC(=O)CCSc2ccncn2)c1. The number of aromatic nitrogens is 2. The van der Waals surface area contributed by atoms with E-state index in [1.54, 1.807) is 12.3 Å². The predicted octanol–water partition coefficient (Wildman–Crippen LogP) is 2.32. The fraction of sp³-hybridized carbons (Fsp3) is 0.154. The summed E-state index contributed by atoms with van der Waals surface area (Å²) in [5, 5.41) is 3.29. The lowest BCUT2D eigenvalue weighted by molar-refractivity contribution is -0.115. The van der Waals surface area contributed by atoms with Gasteiger partial charge in [-0.1, -0.05) is 0 Å². The lowest BCUT2D eigenvalue weighted by Crippen LogP contribution is -2.13. The fourth-order valence-corrected chi connectivity index (χ4v) is 2.24. The smallest absolute Gasteiger partial charge is 0.225 e. The van der Waals surface area contributed by atoms with Crippen LogP contribution in [0.25, 0.3) is 0 Å². The van der Waals surface area contributed by atoms with Crippen LogP contribution in [0.15, 0.2) is 41.8 Å². The molecular formula is C13H13FN4OS. The maximum Gasteiger partial charge on any atom is 0.225 e. The number of thioether (sulfide) groups is 1. The Hall–Kier alpha value is -2.15. The van der Waals surface area contributed by atoms with Crippen LogP contribution < -0.4 is 11.1 Å². The molecule has 0 bridgehead atoms. The van der Waals surface area contributed by atoms with Gasteiger partial charge in [-0.3, -0.25) is 4.79 Å². The van der Waals surface area contributed by atoms with E-state index >= 15 is 0 Å². The number of nitrogen functional groups attached to an aromatic ring is 1. The summed E-state index contributed by atoms with van der Waals surface area (Å²) >= 11 is 1.44. The molecule has 0 saturated heterocycles. The number of benzene rings is 1. The fourth-order valence-electron chi connectivity index (χ4n) is 1.46. The van der Waals surface area contributed by atoms with Gasteiger partial charge >= 0.3 is 0 Å². The van der Waals surface area contributed by atoms with E-state index in [-0.39, 0.29) is 18.0 Å². The molecule has 1 aromatic carbocycles. The zero-order valence-corrected chi connectivity index (χ0v) is 11.4. The average molecular weight is 292 g/mol. The number of amides is 1. The van der Waals surface area contributed by atoms with Crippen LogP contribution in [0.3, 0.4) is 0 Å². The summed E-state index contributed by atoms with van der Waals surface area (Å²) in [5.41, 5.74) is 6.04. The van der Waals surface area contributed by atoms with E-state index in [1.165, 1.54) is 36.3 Å². The molecule has 2 aromatic rings. The summed E-state index contributed by atoms with van der Waals surface area (Å²) in [6.07, 6.45) is 3.34. The quantitative estimate of drug-likeness (QED) is 0.502. The minimum atomic E-state index is -0.504. The Bertz CT molecular complexity index is 594. The molecule has 0 fully saturated rings. The van der Waals surface area contributed by atoms with Crippen LogP contribution in [0.1, 0.15) is 6.42 Å². The molecular weight excluding hydrogens is 279 g/mol. The molecule has 0 aliphatic heterocycles. The van der Waals surface area contributed by atoms with E-state index in [0.717, 1.165) is 5.03 Å². The van der Waals surface area contributed by atoms with Crippen molar-refractivity contribution in [2.45, 2.75) is 11.4 Å². The second-order valence-electron chi connectivity index (χ2n) is 3.93. The Kier molecular flexibility index (Phi) is 4.89. The molecule has 0 aliphatic carbocycles. The number of rotatable bonds is 5. The van der Waals surface area contributed by atoms with Gasteiger partial charge in [0.05, 0.1) is 10.7 Å². The van der Waals surface area contributed by atoms with Crippen LogP contribution in [0.2, 0.25) is 0 Å². The summed E-state index contributed by atoms with van der Waals surface area (Å²) in [6, 6.07) is 5.82. The molecule has 0 spiro atoms. The number of halogens is 1. The normalized spacial score (nSPS) is 10.2. The van der Waals surface area contributed by atoms with Gasteiger partial charge in [0.25, 0.3) is 0 Å². The number of carbonyl (C=O) groups is 1. The van der Waals surface area contributed by atoms with Crippen molar-refractivity contribution in [1.82, 2.24) is 9.97 Å². The lowest BCUT2D eigenvalue weighted by atomic mass is 10.2. The Morgan fingerprint density at radius 3 is 3.00 bits per heavy atom. The van der Waals surface area contributed by atoms with Gasteiger partial charge in [0.15, 0.2) is 0 Å². The Morgan fingerprint density at radius 1 is 1.40 bits per heavy atom. The van der Waals surface area contributed by atoms with Crippen LogP contribution in [-0.2, 0) is 4.79 Å². The maximum absolute atomic E-state index is 13.4. The third-order valence-corrected chi connectivity index (χ3v) is 3.34. The number of hydrogen-bond acceptors (Lipinski definition) is 5. The number of nitrogens with one attached hydrogen (secondary N) is 1. The number of hydrogen-bond donors (Lipinski definition) is 2. The second kappa shape index (κ2) is 6.85. The van der Waals surface area contributed by atoms with Crippen molar-refractivity contribution in [2.75, 3.05) is 16.8 Å². The molecule has 0 radical (unpaired) electrons. The molecule has 1 aromatic heterocycles.